The zero-order chi connectivity index (χ0) is 12.3. The van der Waals surface area contributed by atoms with Gasteiger partial charge in [-0.3, -0.25) is 5.10 Å². The summed E-state index contributed by atoms with van der Waals surface area (Å²) in [7, 11) is 0. The summed E-state index contributed by atoms with van der Waals surface area (Å²) in [6.07, 6.45) is 1.09. The van der Waals surface area contributed by atoms with Gasteiger partial charge in [0.15, 0.2) is 0 Å². The molecular formula is C13H19N3S. The molecule has 0 aromatic carbocycles. The molecule has 0 saturated carbocycles. The Balaban J connectivity index is 1.86. The van der Waals surface area contributed by atoms with E-state index in [0.717, 1.165) is 18.7 Å². The van der Waals surface area contributed by atoms with E-state index in [1.54, 1.807) is 0 Å². The molecule has 0 saturated heterocycles. The maximum absolute atomic E-state index is 4.21. The molecular weight excluding hydrogens is 230 g/mol. The fraction of sp³-hybridized carbons (Fsp3) is 0.462. The summed E-state index contributed by atoms with van der Waals surface area (Å²) < 4.78 is 0. The minimum atomic E-state index is 0.488. The van der Waals surface area contributed by atoms with Crippen LogP contribution in [-0.2, 0) is 13.0 Å². The third-order valence-electron chi connectivity index (χ3n) is 3.00. The number of nitrogens with one attached hydrogen (secondary N) is 2. The number of aromatic amines is 1. The molecule has 17 heavy (non-hydrogen) atoms. The first-order valence-corrected chi connectivity index (χ1v) is 6.81. The molecule has 3 nitrogen and oxygen atoms in total. The van der Waals surface area contributed by atoms with E-state index >= 15 is 0 Å². The lowest BCUT2D eigenvalue weighted by Crippen LogP contribution is -2.27. The van der Waals surface area contributed by atoms with Gasteiger partial charge in [-0.05, 0) is 38.6 Å². The fourth-order valence-electron chi connectivity index (χ4n) is 1.91. The van der Waals surface area contributed by atoms with Crippen molar-refractivity contribution in [2.75, 3.05) is 0 Å². The van der Waals surface area contributed by atoms with E-state index in [9.17, 15) is 0 Å². The van der Waals surface area contributed by atoms with Crippen molar-refractivity contribution in [3.05, 3.63) is 39.3 Å². The van der Waals surface area contributed by atoms with Crippen molar-refractivity contribution in [2.45, 2.75) is 39.8 Å². The highest BCUT2D eigenvalue weighted by atomic mass is 32.1. The van der Waals surface area contributed by atoms with Crippen LogP contribution >= 0.6 is 11.3 Å². The van der Waals surface area contributed by atoms with Crippen LogP contribution < -0.4 is 5.32 Å². The van der Waals surface area contributed by atoms with Gasteiger partial charge in [0.05, 0.1) is 5.69 Å². The third kappa shape index (κ3) is 3.17. The van der Waals surface area contributed by atoms with E-state index in [-0.39, 0.29) is 0 Å². The number of hydrogen-bond acceptors (Lipinski definition) is 3. The molecule has 2 N–H and O–H groups in total. The minimum absolute atomic E-state index is 0.488. The molecule has 0 aliphatic rings. The van der Waals surface area contributed by atoms with E-state index in [1.165, 1.54) is 16.1 Å². The van der Waals surface area contributed by atoms with Gasteiger partial charge >= 0.3 is 0 Å². The smallest absolute Gasteiger partial charge is 0.0638 e. The molecule has 4 heteroatoms. The van der Waals surface area contributed by atoms with Crippen molar-refractivity contribution in [1.29, 1.82) is 0 Å². The molecule has 0 amide bonds. The Kier molecular flexibility index (Phi) is 3.97. The van der Waals surface area contributed by atoms with Crippen LogP contribution in [0.2, 0.25) is 0 Å². The molecule has 0 fully saturated rings. The number of aryl methyl sites for hydroxylation is 2. The van der Waals surface area contributed by atoms with Crippen molar-refractivity contribution in [3.8, 4) is 0 Å². The lowest BCUT2D eigenvalue weighted by molar-refractivity contribution is 0.546. The van der Waals surface area contributed by atoms with Crippen LogP contribution in [0.25, 0.3) is 0 Å². The number of rotatable bonds is 5. The number of nitrogens with zero attached hydrogens (tertiary/aromatic N) is 1. The Morgan fingerprint density at radius 1 is 1.47 bits per heavy atom. The standard InChI is InChI=1S/C13H19N3S/c1-9(7-12-5-4-6-17-12)14-8-13-10(2)15-16-11(13)3/h4-6,9,14H,7-8H2,1-3H3,(H,15,16). The van der Waals surface area contributed by atoms with Gasteiger partial charge in [0.2, 0.25) is 0 Å². The van der Waals surface area contributed by atoms with Crippen LogP contribution in [0.1, 0.15) is 28.8 Å². The normalized spacial score (nSPS) is 12.9. The van der Waals surface area contributed by atoms with Crippen molar-refractivity contribution >= 4 is 11.3 Å². The first-order chi connectivity index (χ1) is 8.16. The predicted molar refractivity (Wildman–Crippen MR) is 72.4 cm³/mol. The van der Waals surface area contributed by atoms with E-state index in [0.29, 0.717) is 6.04 Å². The quantitative estimate of drug-likeness (QED) is 0.855. The lowest BCUT2D eigenvalue weighted by Gasteiger charge is -2.12. The van der Waals surface area contributed by atoms with Crippen LogP contribution in [-0.4, -0.2) is 16.2 Å². The zero-order valence-electron chi connectivity index (χ0n) is 10.6. The Morgan fingerprint density at radius 2 is 2.29 bits per heavy atom. The molecule has 0 aliphatic heterocycles. The van der Waals surface area contributed by atoms with Gasteiger partial charge in [-0.15, -0.1) is 11.3 Å². The maximum atomic E-state index is 4.21. The predicted octanol–water partition coefficient (Wildman–Crippen LogP) is 2.81. The summed E-state index contributed by atoms with van der Waals surface area (Å²) in [5, 5.41) is 12.9. The van der Waals surface area contributed by atoms with Gasteiger partial charge in [0.25, 0.3) is 0 Å². The molecule has 0 aliphatic carbocycles. The molecule has 0 spiro atoms. The molecule has 92 valence electrons. The molecule has 2 aromatic rings. The Morgan fingerprint density at radius 3 is 2.88 bits per heavy atom. The molecule has 1 unspecified atom stereocenters. The van der Waals surface area contributed by atoms with Gasteiger partial charge in [-0.2, -0.15) is 5.10 Å². The van der Waals surface area contributed by atoms with Gasteiger partial charge < -0.3 is 5.32 Å². The Bertz CT molecular complexity index is 439. The Labute approximate surface area is 106 Å². The molecule has 2 rings (SSSR count). The summed E-state index contributed by atoms with van der Waals surface area (Å²) in [4.78, 5) is 1.44. The van der Waals surface area contributed by atoms with Crippen LogP contribution in [0.3, 0.4) is 0 Å². The molecule has 0 radical (unpaired) electrons. The number of thiophene rings is 1. The highest BCUT2D eigenvalue weighted by Crippen LogP contribution is 2.12. The average molecular weight is 249 g/mol. The molecule has 2 aromatic heterocycles. The van der Waals surface area contributed by atoms with E-state index < -0.39 is 0 Å². The second-order valence-electron chi connectivity index (χ2n) is 4.48. The maximum Gasteiger partial charge on any atom is 0.0638 e. The number of H-pyrrole nitrogens is 1. The van der Waals surface area contributed by atoms with Crippen molar-refractivity contribution in [3.63, 3.8) is 0 Å². The summed E-state index contributed by atoms with van der Waals surface area (Å²) in [6.45, 7) is 7.23. The van der Waals surface area contributed by atoms with Gasteiger partial charge in [0, 0.05) is 28.7 Å². The SMILES string of the molecule is Cc1n[nH]c(C)c1CNC(C)Cc1cccs1. The van der Waals surface area contributed by atoms with Crippen molar-refractivity contribution in [2.24, 2.45) is 0 Å². The summed E-state index contributed by atoms with van der Waals surface area (Å²) >= 11 is 1.82. The third-order valence-corrected chi connectivity index (χ3v) is 3.89. The summed E-state index contributed by atoms with van der Waals surface area (Å²) in [5.74, 6) is 0. The molecule has 1 atom stereocenters. The topological polar surface area (TPSA) is 40.7 Å². The van der Waals surface area contributed by atoms with Gasteiger partial charge in [-0.1, -0.05) is 6.07 Å². The van der Waals surface area contributed by atoms with Crippen molar-refractivity contribution < 1.29 is 0 Å². The fourth-order valence-corrected chi connectivity index (χ4v) is 2.75. The van der Waals surface area contributed by atoms with E-state index in [1.807, 2.05) is 18.3 Å². The van der Waals surface area contributed by atoms with Crippen LogP contribution in [0.4, 0.5) is 0 Å². The summed E-state index contributed by atoms with van der Waals surface area (Å²) in [5.41, 5.74) is 3.56. The average Bonchev–Trinajstić information content (AvgIpc) is 2.88. The van der Waals surface area contributed by atoms with E-state index in [4.69, 9.17) is 0 Å². The first-order valence-electron chi connectivity index (χ1n) is 5.93. The second kappa shape index (κ2) is 5.47. The number of aromatic nitrogens is 2. The van der Waals surface area contributed by atoms with Gasteiger partial charge in [0.1, 0.15) is 0 Å². The van der Waals surface area contributed by atoms with E-state index in [2.05, 4.69) is 46.9 Å². The zero-order valence-corrected chi connectivity index (χ0v) is 11.4. The second-order valence-corrected chi connectivity index (χ2v) is 5.51. The summed E-state index contributed by atoms with van der Waals surface area (Å²) in [6, 6.07) is 4.79. The first kappa shape index (κ1) is 12.3. The molecule has 0 bridgehead atoms. The highest BCUT2D eigenvalue weighted by molar-refractivity contribution is 7.09. The molecule has 2 heterocycles. The van der Waals surface area contributed by atoms with Crippen LogP contribution in [0.5, 0.6) is 0 Å². The van der Waals surface area contributed by atoms with Crippen LogP contribution in [0.15, 0.2) is 17.5 Å². The minimum Gasteiger partial charge on any atom is -0.310 e. The van der Waals surface area contributed by atoms with Crippen LogP contribution in [0, 0.1) is 13.8 Å². The Hall–Kier alpha value is -1.13. The monoisotopic (exact) mass is 249 g/mol. The number of hydrogen-bond donors (Lipinski definition) is 2. The highest BCUT2D eigenvalue weighted by Gasteiger charge is 2.08. The largest absolute Gasteiger partial charge is 0.310 e. The van der Waals surface area contributed by atoms with Crippen molar-refractivity contribution in [1.82, 2.24) is 15.5 Å². The van der Waals surface area contributed by atoms with Gasteiger partial charge in [-0.25, -0.2) is 0 Å². The lowest BCUT2D eigenvalue weighted by atomic mass is 10.1.